The fraction of sp³-hybridized carbons (Fsp3) is 0.524. The molecule has 0 unspecified atom stereocenters. The molecule has 0 fully saturated rings. The molecule has 1 amide bonds. The first-order valence-electron chi connectivity index (χ1n) is 9.38. The van der Waals surface area contributed by atoms with Gasteiger partial charge in [0.05, 0.1) is 25.7 Å². The standard InChI is InChI=1S/C21H31N3O3S/c1-14(2)11-24-16(4)15(3)22-21(24)28-13-20(25)23(5)12-17-8-9-18(26-6)19(10-17)27-7/h8-10,14H,11-13H2,1-7H3. The number of benzene rings is 1. The van der Waals surface area contributed by atoms with Crippen molar-refractivity contribution in [3.8, 4) is 11.5 Å². The van der Waals surface area contributed by atoms with Gasteiger partial charge in [0, 0.05) is 25.8 Å². The van der Waals surface area contributed by atoms with Crippen LogP contribution < -0.4 is 9.47 Å². The average molecular weight is 406 g/mol. The summed E-state index contributed by atoms with van der Waals surface area (Å²) in [6.07, 6.45) is 0. The fourth-order valence-electron chi connectivity index (χ4n) is 2.89. The van der Waals surface area contributed by atoms with Crippen LogP contribution in [0.2, 0.25) is 0 Å². The summed E-state index contributed by atoms with van der Waals surface area (Å²) < 4.78 is 12.8. The molecule has 2 aromatic rings. The predicted molar refractivity (Wildman–Crippen MR) is 113 cm³/mol. The third kappa shape index (κ3) is 5.44. The Morgan fingerprint density at radius 2 is 1.89 bits per heavy atom. The van der Waals surface area contributed by atoms with E-state index in [2.05, 4.69) is 30.3 Å². The number of hydrogen-bond donors (Lipinski definition) is 0. The molecule has 0 radical (unpaired) electrons. The SMILES string of the molecule is COc1ccc(CN(C)C(=O)CSc2nc(C)c(C)n2CC(C)C)cc1OC. The van der Waals surface area contributed by atoms with Gasteiger partial charge in [0.1, 0.15) is 0 Å². The molecule has 0 atom stereocenters. The van der Waals surface area contributed by atoms with Gasteiger partial charge in [0.15, 0.2) is 16.7 Å². The molecule has 1 aromatic heterocycles. The minimum atomic E-state index is 0.0641. The second kappa shape index (κ2) is 9.87. The lowest BCUT2D eigenvalue weighted by atomic mass is 10.2. The van der Waals surface area contributed by atoms with Gasteiger partial charge in [-0.15, -0.1) is 0 Å². The zero-order valence-corrected chi connectivity index (χ0v) is 18.7. The number of aryl methyl sites for hydroxylation is 1. The van der Waals surface area contributed by atoms with E-state index in [0.29, 0.717) is 29.7 Å². The van der Waals surface area contributed by atoms with Crippen LogP contribution in [-0.4, -0.2) is 47.4 Å². The molecule has 0 N–H and O–H groups in total. The van der Waals surface area contributed by atoms with Crippen LogP contribution >= 0.6 is 11.8 Å². The van der Waals surface area contributed by atoms with E-state index in [1.165, 1.54) is 17.5 Å². The Morgan fingerprint density at radius 3 is 2.50 bits per heavy atom. The number of methoxy groups -OCH3 is 2. The smallest absolute Gasteiger partial charge is 0.233 e. The van der Waals surface area contributed by atoms with E-state index in [4.69, 9.17) is 9.47 Å². The monoisotopic (exact) mass is 405 g/mol. The highest BCUT2D eigenvalue weighted by atomic mass is 32.2. The summed E-state index contributed by atoms with van der Waals surface area (Å²) in [5.41, 5.74) is 3.18. The lowest BCUT2D eigenvalue weighted by Gasteiger charge is -2.18. The largest absolute Gasteiger partial charge is 0.493 e. The molecule has 0 saturated carbocycles. The van der Waals surface area contributed by atoms with Gasteiger partial charge in [-0.05, 0) is 37.5 Å². The van der Waals surface area contributed by atoms with E-state index in [0.717, 1.165) is 23.0 Å². The van der Waals surface area contributed by atoms with Crippen molar-refractivity contribution in [2.24, 2.45) is 5.92 Å². The third-order valence-corrected chi connectivity index (χ3v) is 5.55. The van der Waals surface area contributed by atoms with Crippen molar-refractivity contribution < 1.29 is 14.3 Å². The highest BCUT2D eigenvalue weighted by Gasteiger charge is 2.16. The molecular weight excluding hydrogens is 374 g/mol. The van der Waals surface area contributed by atoms with Crippen LogP contribution in [0, 0.1) is 19.8 Å². The number of aromatic nitrogens is 2. The normalized spacial score (nSPS) is 11.0. The van der Waals surface area contributed by atoms with Gasteiger partial charge < -0.3 is 18.9 Å². The molecular formula is C21H31N3O3S. The first-order chi connectivity index (χ1) is 13.3. The molecule has 28 heavy (non-hydrogen) atoms. The van der Waals surface area contributed by atoms with Gasteiger partial charge in [-0.25, -0.2) is 4.98 Å². The van der Waals surface area contributed by atoms with E-state index in [9.17, 15) is 4.79 Å². The van der Waals surface area contributed by atoms with Crippen LogP contribution in [0.25, 0.3) is 0 Å². The molecule has 0 aliphatic carbocycles. The Balaban J connectivity index is 2.01. The molecule has 7 heteroatoms. The Labute approximate surface area is 172 Å². The van der Waals surface area contributed by atoms with Gasteiger partial charge in [-0.3, -0.25) is 4.79 Å². The maximum atomic E-state index is 12.6. The minimum Gasteiger partial charge on any atom is -0.493 e. The molecule has 0 saturated heterocycles. The summed E-state index contributed by atoms with van der Waals surface area (Å²) in [6, 6.07) is 5.70. The summed E-state index contributed by atoms with van der Waals surface area (Å²) in [6.45, 7) is 9.89. The average Bonchev–Trinajstić information content (AvgIpc) is 2.93. The summed E-state index contributed by atoms with van der Waals surface area (Å²) >= 11 is 1.50. The molecule has 154 valence electrons. The van der Waals surface area contributed by atoms with Crippen LogP contribution in [0.15, 0.2) is 23.4 Å². The van der Waals surface area contributed by atoms with Crippen LogP contribution in [0.5, 0.6) is 11.5 Å². The van der Waals surface area contributed by atoms with Crippen molar-refractivity contribution in [2.75, 3.05) is 27.0 Å². The predicted octanol–water partition coefficient (Wildman–Crippen LogP) is 3.92. The molecule has 0 aliphatic rings. The number of thioether (sulfide) groups is 1. The van der Waals surface area contributed by atoms with E-state index in [1.54, 1.807) is 19.1 Å². The fourth-order valence-corrected chi connectivity index (χ4v) is 3.93. The lowest BCUT2D eigenvalue weighted by molar-refractivity contribution is -0.127. The van der Waals surface area contributed by atoms with Crippen LogP contribution in [0.4, 0.5) is 0 Å². The zero-order chi connectivity index (χ0) is 20.8. The molecule has 1 aromatic carbocycles. The Morgan fingerprint density at radius 1 is 1.21 bits per heavy atom. The zero-order valence-electron chi connectivity index (χ0n) is 17.9. The van der Waals surface area contributed by atoms with Crippen molar-refractivity contribution in [2.45, 2.75) is 45.9 Å². The Hall–Kier alpha value is -2.15. The summed E-state index contributed by atoms with van der Waals surface area (Å²) in [7, 11) is 5.03. The van der Waals surface area contributed by atoms with Gasteiger partial charge in [-0.1, -0.05) is 31.7 Å². The van der Waals surface area contributed by atoms with Gasteiger partial charge in [0.25, 0.3) is 0 Å². The van der Waals surface area contributed by atoms with E-state index in [1.807, 2.05) is 32.2 Å². The summed E-state index contributed by atoms with van der Waals surface area (Å²) in [5, 5.41) is 0.913. The van der Waals surface area contributed by atoms with Crippen LogP contribution in [-0.2, 0) is 17.9 Å². The lowest BCUT2D eigenvalue weighted by Crippen LogP contribution is -2.28. The number of ether oxygens (including phenoxy) is 2. The maximum absolute atomic E-state index is 12.6. The molecule has 0 aliphatic heterocycles. The third-order valence-electron chi connectivity index (χ3n) is 4.59. The number of carbonyl (C=O) groups is 1. The first kappa shape index (κ1) is 22.1. The molecule has 2 rings (SSSR count). The highest BCUT2D eigenvalue weighted by Crippen LogP contribution is 2.28. The Bertz CT molecular complexity index is 817. The van der Waals surface area contributed by atoms with Crippen molar-refractivity contribution >= 4 is 17.7 Å². The maximum Gasteiger partial charge on any atom is 0.233 e. The quantitative estimate of drug-likeness (QED) is 0.592. The molecule has 0 spiro atoms. The van der Waals surface area contributed by atoms with E-state index in [-0.39, 0.29) is 5.91 Å². The van der Waals surface area contributed by atoms with E-state index < -0.39 is 0 Å². The first-order valence-corrected chi connectivity index (χ1v) is 10.4. The number of imidazole rings is 1. The second-order valence-electron chi connectivity index (χ2n) is 7.30. The van der Waals surface area contributed by atoms with Gasteiger partial charge >= 0.3 is 0 Å². The highest BCUT2D eigenvalue weighted by molar-refractivity contribution is 7.99. The number of carbonyl (C=O) groups excluding carboxylic acids is 1. The van der Waals surface area contributed by atoms with Gasteiger partial charge in [0.2, 0.25) is 5.91 Å². The minimum absolute atomic E-state index is 0.0641. The summed E-state index contributed by atoms with van der Waals surface area (Å²) in [5.74, 6) is 2.29. The number of rotatable bonds is 9. The number of amides is 1. The molecule has 1 heterocycles. The van der Waals surface area contributed by atoms with Gasteiger partial charge in [-0.2, -0.15) is 0 Å². The van der Waals surface area contributed by atoms with Crippen molar-refractivity contribution in [1.82, 2.24) is 14.5 Å². The van der Waals surface area contributed by atoms with E-state index >= 15 is 0 Å². The molecule has 6 nitrogen and oxygen atoms in total. The summed E-state index contributed by atoms with van der Waals surface area (Å²) in [4.78, 5) is 19.0. The van der Waals surface area contributed by atoms with Crippen LogP contribution in [0.1, 0.15) is 30.8 Å². The number of hydrogen-bond acceptors (Lipinski definition) is 5. The van der Waals surface area contributed by atoms with Crippen molar-refractivity contribution in [1.29, 1.82) is 0 Å². The van der Waals surface area contributed by atoms with Crippen molar-refractivity contribution in [3.63, 3.8) is 0 Å². The van der Waals surface area contributed by atoms with Crippen LogP contribution in [0.3, 0.4) is 0 Å². The number of nitrogens with zero attached hydrogens (tertiary/aromatic N) is 3. The Kier molecular flexibility index (Phi) is 7.80. The molecule has 0 bridgehead atoms. The second-order valence-corrected chi connectivity index (χ2v) is 8.24. The topological polar surface area (TPSA) is 56.6 Å². The van der Waals surface area contributed by atoms with Crippen molar-refractivity contribution in [3.05, 3.63) is 35.2 Å².